The second-order valence-electron chi connectivity index (χ2n) is 5.66. The fraction of sp³-hybridized carbons (Fsp3) is 0.533. The molecule has 1 aromatic rings. The van der Waals surface area contributed by atoms with Gasteiger partial charge in [0.2, 0.25) is 0 Å². The molecule has 1 aromatic carbocycles. The molecule has 0 bridgehead atoms. The zero-order chi connectivity index (χ0) is 14.0. The number of nitrogens with two attached hydrogens (primary N) is 1. The van der Waals surface area contributed by atoms with Crippen LogP contribution in [0.25, 0.3) is 0 Å². The third kappa shape index (κ3) is 2.73. The minimum atomic E-state index is -0.476. The summed E-state index contributed by atoms with van der Waals surface area (Å²) < 4.78 is 5.50. The highest BCUT2D eigenvalue weighted by Gasteiger charge is 2.42. The summed E-state index contributed by atoms with van der Waals surface area (Å²) >= 11 is 0. The lowest BCUT2D eigenvalue weighted by Crippen LogP contribution is -2.33. The van der Waals surface area contributed by atoms with Crippen molar-refractivity contribution >= 4 is 11.8 Å². The summed E-state index contributed by atoms with van der Waals surface area (Å²) in [5.41, 5.74) is 7.23. The molecular formula is C15H22N2O2. The lowest BCUT2D eigenvalue weighted by Gasteiger charge is -2.22. The number of rotatable bonds is 4. The topological polar surface area (TPSA) is 55.6 Å². The van der Waals surface area contributed by atoms with E-state index in [1.54, 1.807) is 4.90 Å². The van der Waals surface area contributed by atoms with Gasteiger partial charge in [0.1, 0.15) is 5.60 Å². The predicted octanol–water partition coefficient (Wildman–Crippen LogP) is 2.87. The quantitative estimate of drug-likeness (QED) is 0.907. The summed E-state index contributed by atoms with van der Waals surface area (Å²) in [5, 5.41) is 0. The summed E-state index contributed by atoms with van der Waals surface area (Å²) in [4.78, 5) is 13.8. The van der Waals surface area contributed by atoms with Crippen molar-refractivity contribution in [2.75, 3.05) is 18.0 Å². The summed E-state index contributed by atoms with van der Waals surface area (Å²) in [6, 6.07) is 7.99. The van der Waals surface area contributed by atoms with Gasteiger partial charge in [-0.15, -0.1) is 0 Å². The summed E-state index contributed by atoms with van der Waals surface area (Å²) in [7, 11) is 0. The van der Waals surface area contributed by atoms with Crippen LogP contribution in [0, 0.1) is 0 Å². The molecular weight excluding hydrogens is 240 g/mol. The highest BCUT2D eigenvalue weighted by molar-refractivity contribution is 5.91. The Morgan fingerprint density at radius 3 is 2.74 bits per heavy atom. The molecule has 1 saturated heterocycles. The summed E-state index contributed by atoms with van der Waals surface area (Å²) in [6.07, 6.45) is 0.406. The number of ether oxygens (including phenoxy) is 1. The number of hydrogen-bond donors (Lipinski definition) is 1. The molecule has 0 saturated carbocycles. The Bertz CT molecular complexity index is 473. The predicted molar refractivity (Wildman–Crippen MR) is 76.4 cm³/mol. The fourth-order valence-electron chi connectivity index (χ4n) is 2.54. The second kappa shape index (κ2) is 5.21. The van der Waals surface area contributed by atoms with E-state index in [2.05, 4.69) is 19.9 Å². The van der Waals surface area contributed by atoms with Gasteiger partial charge in [-0.3, -0.25) is 4.90 Å². The van der Waals surface area contributed by atoms with Crippen molar-refractivity contribution in [2.45, 2.75) is 38.7 Å². The third-order valence-electron chi connectivity index (χ3n) is 3.57. The van der Waals surface area contributed by atoms with E-state index in [1.807, 2.05) is 25.1 Å². The molecule has 1 heterocycles. The van der Waals surface area contributed by atoms with Gasteiger partial charge in [-0.25, -0.2) is 4.79 Å². The maximum atomic E-state index is 12.1. The minimum absolute atomic E-state index is 0.274. The van der Waals surface area contributed by atoms with E-state index in [9.17, 15) is 4.79 Å². The first-order valence-electron chi connectivity index (χ1n) is 6.76. The van der Waals surface area contributed by atoms with Crippen LogP contribution in [0.15, 0.2) is 24.3 Å². The van der Waals surface area contributed by atoms with Gasteiger partial charge >= 0.3 is 6.09 Å². The normalized spacial score (nSPS) is 23.0. The van der Waals surface area contributed by atoms with Crippen molar-refractivity contribution in [3.05, 3.63) is 29.8 Å². The molecule has 1 fully saturated rings. The van der Waals surface area contributed by atoms with E-state index in [0.29, 0.717) is 25.4 Å². The van der Waals surface area contributed by atoms with Gasteiger partial charge in [-0.1, -0.05) is 32.0 Å². The first-order chi connectivity index (χ1) is 8.97. The molecule has 0 spiro atoms. The third-order valence-corrected chi connectivity index (χ3v) is 3.57. The number of carbonyl (C=O) groups is 1. The molecule has 1 aliphatic heterocycles. The van der Waals surface area contributed by atoms with Gasteiger partial charge in [0.25, 0.3) is 0 Å². The number of cyclic esters (lactones) is 1. The Morgan fingerprint density at radius 1 is 1.42 bits per heavy atom. The average Bonchev–Trinajstić information content (AvgIpc) is 2.65. The highest BCUT2D eigenvalue weighted by Crippen LogP contribution is 2.34. The van der Waals surface area contributed by atoms with Crippen LogP contribution in [0.2, 0.25) is 0 Å². The smallest absolute Gasteiger partial charge is 0.415 e. The van der Waals surface area contributed by atoms with Gasteiger partial charge in [0.15, 0.2) is 0 Å². The monoisotopic (exact) mass is 262 g/mol. The van der Waals surface area contributed by atoms with E-state index < -0.39 is 5.60 Å². The number of para-hydroxylation sites is 1. The fourth-order valence-corrected chi connectivity index (χ4v) is 2.54. The van der Waals surface area contributed by atoms with Crippen LogP contribution < -0.4 is 10.6 Å². The molecule has 1 atom stereocenters. The average molecular weight is 262 g/mol. The molecule has 4 nitrogen and oxygen atoms in total. The zero-order valence-electron chi connectivity index (χ0n) is 11.8. The lowest BCUT2D eigenvalue weighted by molar-refractivity contribution is 0.0672. The maximum absolute atomic E-state index is 12.1. The van der Waals surface area contributed by atoms with Crippen molar-refractivity contribution in [3.8, 4) is 0 Å². The van der Waals surface area contributed by atoms with E-state index in [-0.39, 0.29) is 6.09 Å². The van der Waals surface area contributed by atoms with E-state index in [1.165, 1.54) is 0 Å². The van der Waals surface area contributed by atoms with E-state index in [4.69, 9.17) is 10.5 Å². The van der Waals surface area contributed by atoms with Crippen molar-refractivity contribution in [2.24, 2.45) is 5.73 Å². The van der Waals surface area contributed by atoms with E-state index >= 15 is 0 Å². The van der Waals surface area contributed by atoms with Crippen LogP contribution in [-0.2, 0) is 4.74 Å². The number of benzene rings is 1. The lowest BCUT2D eigenvalue weighted by atomic mass is 9.99. The van der Waals surface area contributed by atoms with Crippen LogP contribution in [0.4, 0.5) is 10.5 Å². The van der Waals surface area contributed by atoms with Crippen molar-refractivity contribution in [1.29, 1.82) is 0 Å². The molecule has 1 unspecified atom stereocenters. The molecule has 1 aliphatic rings. The largest absolute Gasteiger partial charge is 0.441 e. The summed E-state index contributed by atoms with van der Waals surface area (Å²) in [5.74, 6) is 0.366. The standard InChI is InChI=1S/C15H22N2O2/c1-11(2)12-6-4-5-7-13(12)17-10-15(3,8-9-16)19-14(17)18/h4-7,11H,8-10,16H2,1-3H3. The van der Waals surface area contributed by atoms with Gasteiger partial charge in [-0.2, -0.15) is 0 Å². The highest BCUT2D eigenvalue weighted by atomic mass is 16.6. The zero-order valence-corrected chi connectivity index (χ0v) is 11.8. The van der Waals surface area contributed by atoms with Crippen molar-refractivity contribution < 1.29 is 9.53 Å². The van der Waals surface area contributed by atoms with Crippen molar-refractivity contribution in [1.82, 2.24) is 0 Å². The number of anilines is 1. The second-order valence-corrected chi connectivity index (χ2v) is 5.66. The van der Waals surface area contributed by atoms with Crippen LogP contribution in [0.3, 0.4) is 0 Å². The number of carbonyl (C=O) groups excluding carboxylic acids is 1. The molecule has 0 radical (unpaired) electrons. The maximum Gasteiger partial charge on any atom is 0.415 e. The summed E-state index contributed by atoms with van der Waals surface area (Å²) in [6.45, 7) is 7.27. The van der Waals surface area contributed by atoms with Crippen LogP contribution in [0.1, 0.15) is 38.7 Å². The number of hydrogen-bond acceptors (Lipinski definition) is 3. The van der Waals surface area contributed by atoms with Gasteiger partial charge in [0, 0.05) is 6.42 Å². The minimum Gasteiger partial charge on any atom is -0.441 e. The first kappa shape index (κ1) is 13.9. The molecule has 0 aliphatic carbocycles. The Kier molecular flexibility index (Phi) is 3.80. The first-order valence-corrected chi connectivity index (χ1v) is 6.76. The van der Waals surface area contributed by atoms with Gasteiger partial charge in [0.05, 0.1) is 12.2 Å². The SMILES string of the molecule is CC(C)c1ccccc1N1CC(C)(CCN)OC1=O. The van der Waals surface area contributed by atoms with Gasteiger partial charge in [-0.05, 0) is 31.0 Å². The number of nitrogens with zero attached hydrogens (tertiary/aromatic N) is 1. The Morgan fingerprint density at radius 2 is 2.11 bits per heavy atom. The van der Waals surface area contributed by atoms with Crippen LogP contribution in [-0.4, -0.2) is 24.8 Å². The van der Waals surface area contributed by atoms with Gasteiger partial charge < -0.3 is 10.5 Å². The Hall–Kier alpha value is -1.55. The van der Waals surface area contributed by atoms with Crippen LogP contribution in [0.5, 0.6) is 0 Å². The molecule has 2 N–H and O–H groups in total. The molecule has 19 heavy (non-hydrogen) atoms. The number of amides is 1. The Labute approximate surface area is 114 Å². The van der Waals surface area contributed by atoms with E-state index in [0.717, 1.165) is 11.3 Å². The molecule has 2 rings (SSSR count). The Balaban J connectivity index is 2.31. The van der Waals surface area contributed by atoms with Crippen LogP contribution >= 0.6 is 0 Å². The molecule has 0 aromatic heterocycles. The molecule has 4 heteroatoms. The molecule has 104 valence electrons. The van der Waals surface area contributed by atoms with Crippen molar-refractivity contribution in [3.63, 3.8) is 0 Å². The molecule has 1 amide bonds.